The molecule has 0 atom stereocenters. The van der Waals surface area contributed by atoms with Gasteiger partial charge >= 0.3 is 6.16 Å². The molecule has 0 radical (unpaired) electrons. The minimum absolute atomic E-state index is 0.306. The van der Waals surface area contributed by atoms with Crippen molar-refractivity contribution in [2.75, 3.05) is 30.6 Å². The molecule has 1 aromatic carbocycles. The maximum Gasteiger partial charge on any atom is 0.415 e. The second kappa shape index (κ2) is 6.12. The number of amides is 1. The Morgan fingerprint density at radius 2 is 1.89 bits per heavy atom. The Morgan fingerprint density at radius 1 is 1.28 bits per heavy atom. The van der Waals surface area contributed by atoms with Gasteiger partial charge in [0.1, 0.15) is 5.82 Å². The van der Waals surface area contributed by atoms with Gasteiger partial charge in [-0.3, -0.25) is 0 Å². The molecule has 18 heavy (non-hydrogen) atoms. The molecule has 1 aromatic rings. The van der Waals surface area contributed by atoms with Gasteiger partial charge in [-0.15, -0.1) is 4.39 Å². The van der Waals surface area contributed by atoms with Gasteiger partial charge in [0.25, 0.3) is 0 Å². The van der Waals surface area contributed by atoms with Crippen molar-refractivity contribution in [1.82, 2.24) is 4.31 Å². The summed E-state index contributed by atoms with van der Waals surface area (Å²) >= 11 is 0.972. The summed E-state index contributed by atoms with van der Waals surface area (Å²) in [6.45, 7) is 2.31. The van der Waals surface area contributed by atoms with E-state index in [1.54, 1.807) is 0 Å². The molecule has 0 bridgehead atoms. The smallest absolute Gasteiger partial charge is 0.379 e. The third-order valence-corrected chi connectivity index (χ3v) is 3.50. The molecule has 0 spiro atoms. The van der Waals surface area contributed by atoms with Crippen LogP contribution in [0.25, 0.3) is 0 Å². The van der Waals surface area contributed by atoms with Crippen molar-refractivity contribution in [3.63, 3.8) is 0 Å². The van der Waals surface area contributed by atoms with Gasteiger partial charge < -0.3 is 4.74 Å². The molecule has 98 valence electrons. The molecule has 1 saturated heterocycles. The highest BCUT2D eigenvalue weighted by Gasteiger charge is 2.22. The Hall–Kier alpha value is -1.18. The first-order chi connectivity index (χ1) is 8.66. The highest BCUT2D eigenvalue weighted by molar-refractivity contribution is 7.99. The molecule has 1 heterocycles. The Kier molecular flexibility index (Phi) is 4.51. The summed E-state index contributed by atoms with van der Waals surface area (Å²) in [5.41, 5.74) is 0.306. The van der Waals surface area contributed by atoms with Crippen LogP contribution >= 0.6 is 12.1 Å². The third-order valence-electron chi connectivity index (χ3n) is 2.39. The number of carbonyl (C=O) groups is 1. The minimum atomic E-state index is -1.59. The summed E-state index contributed by atoms with van der Waals surface area (Å²) in [4.78, 5) is 11.0. The fraction of sp³-hybridized carbons (Fsp3) is 0.364. The molecule has 0 saturated carbocycles. The lowest BCUT2D eigenvalue weighted by molar-refractivity contribution is 0.0772. The number of ether oxygens (including phenoxy) is 1. The average molecular weight is 274 g/mol. The zero-order chi connectivity index (χ0) is 13.0. The van der Waals surface area contributed by atoms with Crippen LogP contribution in [0.15, 0.2) is 24.3 Å². The lowest BCUT2D eigenvalue weighted by Gasteiger charge is -2.29. The zero-order valence-corrected chi connectivity index (χ0v) is 10.3. The monoisotopic (exact) mass is 274 g/mol. The Bertz CT molecular complexity index is 410. The van der Waals surface area contributed by atoms with Gasteiger partial charge in [0.05, 0.1) is 18.9 Å². The molecular formula is C11H12F2N2O2S. The summed E-state index contributed by atoms with van der Waals surface area (Å²) in [6, 6.07) is 5.09. The fourth-order valence-corrected chi connectivity index (χ4v) is 2.32. The Labute approximate surface area is 108 Å². The topological polar surface area (TPSA) is 32.8 Å². The van der Waals surface area contributed by atoms with E-state index in [0.717, 1.165) is 16.4 Å². The molecule has 2 rings (SSSR count). The van der Waals surface area contributed by atoms with Crippen molar-refractivity contribution in [2.45, 2.75) is 0 Å². The van der Waals surface area contributed by atoms with Crippen LogP contribution in [0.3, 0.4) is 0 Å². The van der Waals surface area contributed by atoms with E-state index in [0.29, 0.717) is 32.0 Å². The second-order valence-corrected chi connectivity index (χ2v) is 4.69. The van der Waals surface area contributed by atoms with E-state index < -0.39 is 12.0 Å². The predicted octanol–water partition coefficient (Wildman–Crippen LogP) is 2.62. The number of benzene rings is 1. The van der Waals surface area contributed by atoms with Gasteiger partial charge in [-0.1, -0.05) is 0 Å². The molecule has 0 aromatic heterocycles. The summed E-state index contributed by atoms with van der Waals surface area (Å²) in [7, 11) is 0. The van der Waals surface area contributed by atoms with Gasteiger partial charge in [-0.2, -0.15) is 0 Å². The maximum atomic E-state index is 13.0. The van der Waals surface area contributed by atoms with E-state index in [1.165, 1.54) is 24.3 Å². The number of hydrogen-bond acceptors (Lipinski definition) is 4. The average Bonchev–Trinajstić information content (AvgIpc) is 2.38. The predicted molar refractivity (Wildman–Crippen MR) is 65.4 cm³/mol. The van der Waals surface area contributed by atoms with Crippen LogP contribution in [0, 0.1) is 5.82 Å². The van der Waals surface area contributed by atoms with E-state index in [2.05, 4.69) is 0 Å². The van der Waals surface area contributed by atoms with E-state index in [-0.39, 0.29) is 0 Å². The molecule has 4 nitrogen and oxygen atoms in total. The molecule has 7 heteroatoms. The standard InChI is InChI=1S/C11H12F2N2O2S/c12-9-1-3-10(4-2-9)15(11(13)16)18-14-5-7-17-8-6-14/h1-4H,5-8H2. The van der Waals surface area contributed by atoms with Crippen molar-refractivity contribution in [2.24, 2.45) is 0 Å². The molecule has 1 aliphatic heterocycles. The van der Waals surface area contributed by atoms with Crippen molar-refractivity contribution < 1.29 is 18.3 Å². The molecular weight excluding hydrogens is 262 g/mol. The second-order valence-electron chi connectivity index (χ2n) is 3.65. The van der Waals surface area contributed by atoms with E-state index in [4.69, 9.17) is 4.74 Å². The highest BCUT2D eigenvalue weighted by atomic mass is 32.2. The normalized spacial score (nSPS) is 16.6. The number of hydrogen-bond donors (Lipinski definition) is 0. The van der Waals surface area contributed by atoms with Crippen molar-refractivity contribution in [3.05, 3.63) is 30.1 Å². The maximum absolute atomic E-state index is 13.0. The summed E-state index contributed by atoms with van der Waals surface area (Å²) in [6.07, 6.45) is -1.59. The van der Waals surface area contributed by atoms with Gasteiger partial charge in [0.15, 0.2) is 0 Å². The molecule has 0 aliphatic carbocycles. The largest absolute Gasteiger partial charge is 0.415 e. The lowest BCUT2D eigenvalue weighted by Crippen LogP contribution is -2.35. The van der Waals surface area contributed by atoms with Crippen LogP contribution < -0.4 is 4.31 Å². The lowest BCUT2D eigenvalue weighted by atomic mass is 10.3. The number of anilines is 1. The van der Waals surface area contributed by atoms with Gasteiger partial charge in [-0.25, -0.2) is 17.8 Å². The zero-order valence-electron chi connectivity index (χ0n) is 9.51. The van der Waals surface area contributed by atoms with Crippen LogP contribution in [0.5, 0.6) is 0 Å². The van der Waals surface area contributed by atoms with E-state index in [1.807, 2.05) is 4.31 Å². The van der Waals surface area contributed by atoms with E-state index >= 15 is 0 Å². The van der Waals surface area contributed by atoms with Gasteiger partial charge in [-0.05, 0) is 24.3 Å². The first-order valence-corrected chi connectivity index (χ1v) is 6.16. The summed E-state index contributed by atoms with van der Waals surface area (Å²) < 4.78 is 33.7. The quantitative estimate of drug-likeness (QED) is 0.482. The number of halogens is 2. The number of morpholine rings is 1. The molecule has 0 unspecified atom stereocenters. The van der Waals surface area contributed by atoms with Crippen LogP contribution in [0.2, 0.25) is 0 Å². The SMILES string of the molecule is O=C(F)N(SN1CCOCC1)c1ccc(F)cc1. The molecule has 0 N–H and O–H groups in total. The number of nitrogens with zero attached hydrogens (tertiary/aromatic N) is 2. The minimum Gasteiger partial charge on any atom is -0.379 e. The third kappa shape index (κ3) is 3.41. The number of carbonyl (C=O) groups excluding carboxylic acids is 1. The van der Waals surface area contributed by atoms with E-state index in [9.17, 15) is 13.6 Å². The van der Waals surface area contributed by atoms with Gasteiger partial charge in [0.2, 0.25) is 0 Å². The van der Waals surface area contributed by atoms with Crippen molar-refractivity contribution >= 4 is 24.0 Å². The number of rotatable bonds is 3. The summed E-state index contributed by atoms with van der Waals surface area (Å²) in [5.74, 6) is -0.429. The first kappa shape index (κ1) is 13.3. The fourth-order valence-electron chi connectivity index (χ4n) is 1.50. The van der Waals surface area contributed by atoms with Crippen LogP contribution in [-0.2, 0) is 4.74 Å². The molecule has 1 fully saturated rings. The van der Waals surface area contributed by atoms with Crippen LogP contribution in [0.1, 0.15) is 0 Å². The van der Waals surface area contributed by atoms with Crippen LogP contribution in [0.4, 0.5) is 19.3 Å². The van der Waals surface area contributed by atoms with Crippen LogP contribution in [-0.4, -0.2) is 36.8 Å². The molecule has 1 amide bonds. The summed E-state index contributed by atoms with van der Waals surface area (Å²) in [5, 5.41) is 0. The Morgan fingerprint density at radius 3 is 2.44 bits per heavy atom. The highest BCUT2D eigenvalue weighted by Crippen LogP contribution is 2.27. The van der Waals surface area contributed by atoms with Gasteiger partial charge in [0, 0.05) is 25.2 Å². The molecule has 1 aliphatic rings. The van der Waals surface area contributed by atoms with Crippen molar-refractivity contribution in [3.8, 4) is 0 Å². The first-order valence-electron chi connectivity index (χ1n) is 5.43. The van der Waals surface area contributed by atoms with Crippen molar-refractivity contribution in [1.29, 1.82) is 0 Å². The Balaban J connectivity index is 2.07.